The van der Waals surface area contributed by atoms with Gasteiger partial charge in [-0.3, -0.25) is 4.79 Å². The summed E-state index contributed by atoms with van der Waals surface area (Å²) in [4.78, 5) is 12.2. The summed E-state index contributed by atoms with van der Waals surface area (Å²) in [5.74, 6) is 6.52. The Morgan fingerprint density at radius 1 is 1.03 bits per heavy atom. The molecule has 0 heterocycles. The maximum Gasteiger partial charge on any atom is 0.155 e. The van der Waals surface area contributed by atoms with Crippen LogP contribution in [0.4, 0.5) is 0 Å². The second-order valence-corrected chi connectivity index (χ2v) is 12.7. The van der Waals surface area contributed by atoms with Crippen LogP contribution in [0, 0.1) is 52.3 Å². The van der Waals surface area contributed by atoms with Gasteiger partial charge in [0.2, 0.25) is 0 Å². The molecule has 30 heavy (non-hydrogen) atoms. The van der Waals surface area contributed by atoms with Crippen LogP contribution in [0.3, 0.4) is 0 Å². The molecule has 3 fully saturated rings. The molecule has 4 rings (SSSR count). The lowest BCUT2D eigenvalue weighted by Crippen LogP contribution is -2.53. The fraction of sp³-hybridized carbons (Fsp3) is 0.897. The van der Waals surface area contributed by atoms with Crippen LogP contribution in [0.25, 0.3) is 0 Å². The molecule has 0 saturated heterocycles. The first-order chi connectivity index (χ1) is 14.2. The Morgan fingerprint density at radius 3 is 2.50 bits per heavy atom. The molecular weight excluding hydrogens is 364 g/mol. The molecule has 0 aromatic carbocycles. The molecule has 0 aromatic heterocycles. The predicted molar refractivity (Wildman–Crippen MR) is 127 cm³/mol. The zero-order chi connectivity index (χ0) is 21.7. The molecule has 4 aliphatic rings. The minimum absolute atomic E-state index is 0.312. The van der Waals surface area contributed by atoms with E-state index >= 15 is 0 Å². The maximum atomic E-state index is 12.2. The van der Waals surface area contributed by atoms with Crippen LogP contribution in [0.15, 0.2) is 11.6 Å². The van der Waals surface area contributed by atoms with Crippen molar-refractivity contribution in [3.8, 4) is 0 Å². The van der Waals surface area contributed by atoms with Crippen LogP contribution < -0.4 is 0 Å². The number of rotatable bonds is 6. The van der Waals surface area contributed by atoms with Crippen molar-refractivity contribution in [2.75, 3.05) is 0 Å². The molecule has 5 unspecified atom stereocenters. The number of allylic oxidation sites excluding steroid dienone is 1. The van der Waals surface area contributed by atoms with Crippen molar-refractivity contribution in [1.29, 1.82) is 0 Å². The Labute approximate surface area is 186 Å². The van der Waals surface area contributed by atoms with E-state index in [0.29, 0.717) is 16.6 Å². The molecule has 1 nitrogen and oxygen atoms in total. The first kappa shape index (κ1) is 22.6. The van der Waals surface area contributed by atoms with Crippen LogP contribution in [0.2, 0.25) is 0 Å². The highest BCUT2D eigenvalue weighted by Gasteiger charge is 2.61. The first-order valence-corrected chi connectivity index (χ1v) is 13.4. The minimum Gasteiger partial charge on any atom is -0.295 e. The van der Waals surface area contributed by atoms with Gasteiger partial charge in [0.05, 0.1) is 0 Å². The highest BCUT2D eigenvalue weighted by molar-refractivity contribution is 5.91. The van der Waals surface area contributed by atoms with Gasteiger partial charge in [0.15, 0.2) is 5.78 Å². The average Bonchev–Trinajstić information content (AvgIpc) is 3.05. The lowest BCUT2D eigenvalue weighted by atomic mass is 9.44. The summed E-state index contributed by atoms with van der Waals surface area (Å²) in [5, 5.41) is 0. The highest BCUT2D eigenvalue weighted by Crippen LogP contribution is 2.69. The number of ketones is 1. The SMILES string of the molecule is CC[C@H]1CC2=CC(=O)CC[C@]2(C)C2CC[C@]3(C)C(C(C)CCCC(C)C)CCC3C21. The Balaban J connectivity index is 1.56. The third-order valence-corrected chi connectivity index (χ3v) is 10.9. The Morgan fingerprint density at radius 2 is 1.80 bits per heavy atom. The van der Waals surface area contributed by atoms with Gasteiger partial charge in [-0.05, 0) is 96.9 Å². The number of carbonyl (C=O) groups is 1. The van der Waals surface area contributed by atoms with Crippen molar-refractivity contribution < 1.29 is 4.79 Å². The summed E-state index contributed by atoms with van der Waals surface area (Å²) in [7, 11) is 0. The lowest BCUT2D eigenvalue weighted by Gasteiger charge is -2.61. The standard InChI is InChI=1S/C29H48O/c1-7-21-17-22-18-23(30)13-15-28(22,5)26-14-16-29(6)24(11-12-25(29)27(21)26)20(4)10-8-9-19(2)3/h18-21,24-27H,7-17H2,1-6H3/t20?,21-,24?,25?,26?,27?,28-,29+/m0/s1. The summed E-state index contributed by atoms with van der Waals surface area (Å²) in [6.07, 6.45) is 16.5. The van der Waals surface area contributed by atoms with Crippen molar-refractivity contribution in [2.45, 2.75) is 112 Å². The van der Waals surface area contributed by atoms with Crippen molar-refractivity contribution in [3.63, 3.8) is 0 Å². The second kappa shape index (κ2) is 8.40. The van der Waals surface area contributed by atoms with Crippen LogP contribution >= 0.6 is 0 Å². The molecular formula is C29H48O. The maximum absolute atomic E-state index is 12.2. The lowest BCUT2D eigenvalue weighted by molar-refractivity contribution is -0.119. The van der Waals surface area contributed by atoms with E-state index in [1.54, 1.807) is 0 Å². The average molecular weight is 413 g/mol. The number of hydrogen-bond donors (Lipinski definition) is 0. The molecule has 0 spiro atoms. The largest absolute Gasteiger partial charge is 0.295 e. The molecule has 0 bridgehead atoms. The van der Waals surface area contributed by atoms with E-state index in [1.165, 1.54) is 63.4 Å². The number of carbonyl (C=O) groups excluding carboxylic acids is 1. The van der Waals surface area contributed by atoms with Gasteiger partial charge in [0, 0.05) is 6.42 Å². The molecule has 1 heteroatoms. The Bertz CT molecular complexity index is 674. The third kappa shape index (κ3) is 3.65. The fourth-order valence-electron chi connectivity index (χ4n) is 9.15. The molecule has 0 amide bonds. The van der Waals surface area contributed by atoms with E-state index < -0.39 is 0 Å². The van der Waals surface area contributed by atoms with Gasteiger partial charge in [0.1, 0.15) is 0 Å². The van der Waals surface area contributed by atoms with Gasteiger partial charge >= 0.3 is 0 Å². The molecule has 0 N–H and O–H groups in total. The summed E-state index contributed by atoms with van der Waals surface area (Å²) in [6.45, 7) is 15.0. The van der Waals surface area contributed by atoms with E-state index in [0.717, 1.165) is 54.3 Å². The highest BCUT2D eigenvalue weighted by atomic mass is 16.1. The molecule has 8 atom stereocenters. The number of hydrogen-bond acceptors (Lipinski definition) is 1. The fourth-order valence-corrected chi connectivity index (χ4v) is 9.15. The normalized spacial score (nSPS) is 44.3. The van der Waals surface area contributed by atoms with Gasteiger partial charge in [0.25, 0.3) is 0 Å². The summed E-state index contributed by atoms with van der Waals surface area (Å²) >= 11 is 0. The second-order valence-electron chi connectivity index (χ2n) is 12.7. The van der Waals surface area contributed by atoms with E-state index in [2.05, 4.69) is 47.6 Å². The summed E-state index contributed by atoms with van der Waals surface area (Å²) < 4.78 is 0. The van der Waals surface area contributed by atoms with E-state index in [-0.39, 0.29) is 0 Å². The summed E-state index contributed by atoms with van der Waals surface area (Å²) in [6, 6.07) is 0. The van der Waals surface area contributed by atoms with E-state index in [4.69, 9.17) is 0 Å². The van der Waals surface area contributed by atoms with Gasteiger partial charge < -0.3 is 0 Å². The molecule has 4 aliphatic carbocycles. The smallest absolute Gasteiger partial charge is 0.155 e. The zero-order valence-electron chi connectivity index (χ0n) is 20.8. The molecule has 0 aromatic rings. The molecule has 0 radical (unpaired) electrons. The zero-order valence-corrected chi connectivity index (χ0v) is 20.8. The van der Waals surface area contributed by atoms with Crippen LogP contribution in [0.1, 0.15) is 112 Å². The van der Waals surface area contributed by atoms with Crippen molar-refractivity contribution in [2.24, 2.45) is 52.3 Å². The quantitative estimate of drug-likeness (QED) is 0.429. The Hall–Kier alpha value is -0.590. The molecule has 170 valence electrons. The van der Waals surface area contributed by atoms with E-state index in [1.807, 2.05) is 0 Å². The minimum atomic E-state index is 0.312. The van der Waals surface area contributed by atoms with Crippen molar-refractivity contribution in [3.05, 3.63) is 11.6 Å². The van der Waals surface area contributed by atoms with Crippen LogP contribution in [-0.4, -0.2) is 5.78 Å². The van der Waals surface area contributed by atoms with Gasteiger partial charge in [-0.15, -0.1) is 0 Å². The molecule has 3 saturated carbocycles. The number of fused-ring (bicyclic) bond motifs is 5. The monoisotopic (exact) mass is 412 g/mol. The first-order valence-electron chi connectivity index (χ1n) is 13.4. The van der Waals surface area contributed by atoms with Gasteiger partial charge in [-0.2, -0.15) is 0 Å². The molecule has 0 aliphatic heterocycles. The van der Waals surface area contributed by atoms with Gasteiger partial charge in [-0.25, -0.2) is 0 Å². The third-order valence-electron chi connectivity index (χ3n) is 10.9. The van der Waals surface area contributed by atoms with Crippen molar-refractivity contribution >= 4 is 5.78 Å². The topological polar surface area (TPSA) is 17.1 Å². The van der Waals surface area contributed by atoms with E-state index in [9.17, 15) is 4.79 Å². The van der Waals surface area contributed by atoms with Crippen LogP contribution in [0.5, 0.6) is 0 Å². The Kier molecular flexibility index (Phi) is 6.33. The van der Waals surface area contributed by atoms with Crippen molar-refractivity contribution in [1.82, 2.24) is 0 Å². The summed E-state index contributed by atoms with van der Waals surface area (Å²) in [5.41, 5.74) is 2.41. The predicted octanol–water partition coefficient (Wildman–Crippen LogP) is 8.23. The van der Waals surface area contributed by atoms with Gasteiger partial charge in [-0.1, -0.05) is 72.8 Å². The van der Waals surface area contributed by atoms with Crippen LogP contribution in [-0.2, 0) is 4.79 Å².